The van der Waals surface area contributed by atoms with E-state index in [9.17, 15) is 54.0 Å². The molecule has 0 aromatic heterocycles. The largest absolute Gasteiger partial charge is 0.508 e. The van der Waals surface area contributed by atoms with Crippen LogP contribution in [-0.4, -0.2) is 80.8 Å². The molecule has 8 aromatic rings. The van der Waals surface area contributed by atoms with Crippen LogP contribution < -0.4 is 31.8 Å². The van der Waals surface area contributed by atoms with Crippen LogP contribution in [0.25, 0.3) is 21.5 Å². The van der Waals surface area contributed by atoms with Crippen molar-refractivity contribution >= 4 is 81.9 Å². The molecule has 8 rings (SSSR count). The normalized spacial score (nSPS) is 13.1. The molecule has 2 unspecified atom stereocenters. The first-order valence-corrected chi connectivity index (χ1v) is 29.7. The van der Waals surface area contributed by atoms with Gasteiger partial charge in [0.05, 0.1) is 21.2 Å². The molecule has 0 aliphatic rings. The molecule has 2 atom stereocenters. The third kappa shape index (κ3) is 11.7. The highest BCUT2D eigenvalue weighted by Crippen LogP contribution is 2.47. The van der Waals surface area contributed by atoms with E-state index in [1.54, 1.807) is 125 Å². The number of phenols is 8. The molecule has 0 bridgehead atoms. The van der Waals surface area contributed by atoms with Gasteiger partial charge in [-0.1, -0.05) is 109 Å². The summed E-state index contributed by atoms with van der Waals surface area (Å²) in [7, 11) is -10.9. The molecule has 0 heterocycles. The summed E-state index contributed by atoms with van der Waals surface area (Å²) in [6, 6.07) is 42.8. The maximum absolute atomic E-state index is 13.2. The van der Waals surface area contributed by atoms with E-state index in [1.165, 1.54) is 48.5 Å². The highest BCUT2D eigenvalue weighted by atomic mass is 31.2. The Morgan fingerprint density at radius 3 is 1.02 bits per heavy atom. The molecule has 16 heteroatoms. The minimum atomic E-state index is -2.98. The van der Waals surface area contributed by atoms with E-state index in [0.717, 1.165) is 0 Å². The molecule has 8 aromatic carbocycles. The van der Waals surface area contributed by atoms with E-state index < -0.39 is 28.6 Å². The van der Waals surface area contributed by atoms with Gasteiger partial charge in [-0.15, -0.1) is 0 Å². The summed E-state index contributed by atoms with van der Waals surface area (Å²) in [6.45, 7) is 9.40. The molecule has 0 amide bonds. The fourth-order valence-corrected chi connectivity index (χ4v) is 12.8. The van der Waals surface area contributed by atoms with Gasteiger partial charge in [0.15, 0.2) is 0 Å². The first-order valence-electron chi connectivity index (χ1n) is 20.2. The van der Waals surface area contributed by atoms with Crippen molar-refractivity contribution in [1.82, 2.24) is 0 Å². The van der Waals surface area contributed by atoms with E-state index in [0.29, 0.717) is 42.8 Å². The van der Waals surface area contributed by atoms with Gasteiger partial charge in [0.25, 0.3) is 0 Å². The first-order chi connectivity index (χ1) is 30.8. The second-order valence-corrected chi connectivity index (χ2v) is 28.2. The molecule has 8 N–H and O–H groups in total. The summed E-state index contributed by atoms with van der Waals surface area (Å²) >= 11 is 0. The lowest BCUT2D eigenvalue weighted by Crippen LogP contribution is -2.15. The molecule has 0 fully saturated rings. The third-order valence-corrected chi connectivity index (χ3v) is 18.6. The first kappa shape index (κ1) is 50.6. The van der Waals surface area contributed by atoms with Crippen LogP contribution in [0.4, 0.5) is 0 Å². The lowest BCUT2D eigenvalue weighted by molar-refractivity contribution is 0.463. The summed E-state index contributed by atoms with van der Waals surface area (Å²) in [4.78, 5) is 0. The van der Waals surface area contributed by atoms with Crippen molar-refractivity contribution in [3.63, 3.8) is 0 Å². The molecule has 0 radical (unpaired) electrons. The Bertz CT molecular complexity index is 3220. The lowest BCUT2D eigenvalue weighted by Gasteiger charge is -2.17. The molecule has 0 aliphatic heterocycles. The van der Waals surface area contributed by atoms with E-state index in [1.807, 2.05) is 24.3 Å². The maximum Gasteiger partial charge on any atom is 0.144 e. The maximum atomic E-state index is 13.2. The Labute approximate surface area is 383 Å². The molecule has 66 heavy (non-hydrogen) atoms. The summed E-state index contributed by atoms with van der Waals surface area (Å²) in [5, 5.41) is 82.7. The van der Waals surface area contributed by atoms with Crippen LogP contribution in [0.1, 0.15) is 0 Å². The predicted molar refractivity (Wildman–Crippen MR) is 271 cm³/mol. The zero-order valence-corrected chi connectivity index (χ0v) is 40.6. The topological polar surface area (TPSA) is 230 Å². The van der Waals surface area contributed by atoms with Gasteiger partial charge in [-0.3, -0.25) is 0 Å². The van der Waals surface area contributed by atoms with Crippen molar-refractivity contribution in [2.45, 2.75) is 0 Å². The second-order valence-electron chi connectivity index (χ2n) is 16.2. The standard InChI is InChI=1S/C17H15O3P.C13H13O3P.C12H13O3P.C8H11O3P/c1-21(20,12-7-3-2-4-8-12)16-11-15(18)13-9-5-6-10-14(13)17(16)19;1-17(16,11-5-3-2-4-6-11)13-9-10(14)7-8-12(13)15;1-16(2,15)11-7-10(13)8-5-3-4-6-9(8)12(11)14;1-12(2,11)8-5-6(9)3-4-7(8)10/h2-11,18-19H,1H3;2-9,14-15H,1H3;3-7,13-14H,1-2H3;3-5,9-10H,1-2H3. The number of benzene rings is 8. The van der Waals surface area contributed by atoms with Gasteiger partial charge in [-0.05, 0) is 88.5 Å². The fourth-order valence-electron chi connectivity index (χ4n) is 6.89. The Balaban J connectivity index is 0.000000168. The molecular formula is C50H52O12P4. The van der Waals surface area contributed by atoms with Crippen molar-refractivity contribution in [3.8, 4) is 46.0 Å². The zero-order valence-electron chi connectivity index (χ0n) is 37.0. The highest BCUT2D eigenvalue weighted by molar-refractivity contribution is 7.78. The van der Waals surface area contributed by atoms with Crippen LogP contribution in [0.15, 0.2) is 158 Å². The Hall–Kier alpha value is -6.40. The van der Waals surface area contributed by atoms with Gasteiger partial charge >= 0.3 is 0 Å². The van der Waals surface area contributed by atoms with Crippen LogP contribution in [0.3, 0.4) is 0 Å². The fraction of sp³-hybridized carbons (Fsp3) is 0.120. The van der Waals surface area contributed by atoms with Crippen LogP contribution in [0, 0.1) is 0 Å². The number of hydrogen-bond acceptors (Lipinski definition) is 12. The summed E-state index contributed by atoms with van der Waals surface area (Å²) in [5.41, 5.74) is 0. The average molecular weight is 969 g/mol. The number of hydrogen-bond donors (Lipinski definition) is 8. The quantitative estimate of drug-likeness (QED) is 0.0576. The van der Waals surface area contributed by atoms with Crippen LogP contribution in [-0.2, 0) is 18.3 Å². The molecule has 344 valence electrons. The van der Waals surface area contributed by atoms with Crippen molar-refractivity contribution in [2.24, 2.45) is 0 Å². The zero-order chi connectivity index (χ0) is 48.8. The molecule has 0 spiro atoms. The summed E-state index contributed by atoms with van der Waals surface area (Å²) < 4.78 is 49.4. The van der Waals surface area contributed by atoms with Crippen molar-refractivity contribution in [1.29, 1.82) is 0 Å². The molecular weight excluding hydrogens is 916 g/mol. The minimum absolute atomic E-state index is 0.00160. The summed E-state index contributed by atoms with van der Waals surface area (Å²) in [5.74, 6) is -0.0234. The Morgan fingerprint density at radius 1 is 0.303 bits per heavy atom. The van der Waals surface area contributed by atoms with Crippen molar-refractivity contribution in [2.75, 3.05) is 40.0 Å². The van der Waals surface area contributed by atoms with Gasteiger partial charge < -0.3 is 59.1 Å². The number of rotatable bonds is 6. The third-order valence-electron chi connectivity index (χ3n) is 10.4. The number of aromatic hydroxyl groups is 8. The lowest BCUT2D eigenvalue weighted by atomic mass is 10.1. The number of fused-ring (bicyclic) bond motifs is 2. The molecule has 0 saturated carbocycles. The van der Waals surface area contributed by atoms with Gasteiger partial charge in [-0.2, -0.15) is 0 Å². The highest BCUT2D eigenvalue weighted by Gasteiger charge is 2.27. The molecule has 0 saturated heterocycles. The van der Waals surface area contributed by atoms with Crippen LogP contribution in [0.2, 0.25) is 0 Å². The number of phenolic OH excluding ortho intramolecular Hbond substituents is 8. The van der Waals surface area contributed by atoms with Crippen molar-refractivity contribution < 1.29 is 59.1 Å². The molecule has 12 nitrogen and oxygen atoms in total. The van der Waals surface area contributed by atoms with Gasteiger partial charge in [0.1, 0.15) is 74.6 Å². The SMILES string of the molecule is CP(=O)(c1ccccc1)c1cc(O)c2ccccc2c1O.CP(=O)(c1ccccc1)c1cc(O)ccc1O.CP(C)(=O)c1cc(O)c2ccccc2c1O.CP(C)(=O)c1cc(O)ccc1O. The van der Waals surface area contributed by atoms with E-state index in [4.69, 9.17) is 5.11 Å². The van der Waals surface area contributed by atoms with Gasteiger partial charge in [-0.25, -0.2) is 0 Å². The van der Waals surface area contributed by atoms with Crippen LogP contribution in [0.5, 0.6) is 46.0 Å². The average Bonchev–Trinajstić information content (AvgIpc) is 3.28. The predicted octanol–water partition coefficient (Wildman–Crippen LogP) is 9.08. The Kier molecular flexibility index (Phi) is 15.6. The Morgan fingerprint density at radius 2 is 0.621 bits per heavy atom. The van der Waals surface area contributed by atoms with Gasteiger partial charge in [0.2, 0.25) is 0 Å². The van der Waals surface area contributed by atoms with Crippen molar-refractivity contribution in [3.05, 3.63) is 158 Å². The second kappa shape index (κ2) is 20.4. The minimum Gasteiger partial charge on any atom is -0.508 e. The van der Waals surface area contributed by atoms with E-state index >= 15 is 0 Å². The van der Waals surface area contributed by atoms with Gasteiger partial charge in [0, 0.05) is 32.2 Å². The van der Waals surface area contributed by atoms with Crippen LogP contribution >= 0.6 is 28.6 Å². The summed E-state index contributed by atoms with van der Waals surface area (Å²) in [6.07, 6.45) is 0. The molecule has 0 aliphatic carbocycles. The van der Waals surface area contributed by atoms with E-state index in [2.05, 4.69) is 0 Å². The smallest absolute Gasteiger partial charge is 0.144 e. The monoisotopic (exact) mass is 968 g/mol. The van der Waals surface area contributed by atoms with E-state index in [-0.39, 0.29) is 56.6 Å².